The predicted molar refractivity (Wildman–Crippen MR) is 107 cm³/mol. The highest BCUT2D eigenvalue weighted by atomic mass is 16.7. The summed E-state index contributed by atoms with van der Waals surface area (Å²) < 4.78 is 16.0. The lowest BCUT2D eigenvalue weighted by molar-refractivity contribution is 0.174. The van der Waals surface area contributed by atoms with E-state index in [4.69, 9.17) is 14.2 Å². The van der Waals surface area contributed by atoms with Crippen molar-refractivity contribution < 1.29 is 14.2 Å². The zero-order valence-corrected chi connectivity index (χ0v) is 15.6. The Morgan fingerprint density at radius 3 is 2.68 bits per heavy atom. The Kier molecular flexibility index (Phi) is 5.42. The van der Waals surface area contributed by atoms with E-state index in [1.165, 1.54) is 5.56 Å². The average molecular weight is 378 g/mol. The molecule has 4 rings (SSSR count). The third kappa shape index (κ3) is 4.43. The van der Waals surface area contributed by atoms with E-state index >= 15 is 0 Å². The second kappa shape index (κ2) is 8.47. The van der Waals surface area contributed by atoms with Gasteiger partial charge >= 0.3 is 0 Å². The largest absolute Gasteiger partial charge is 0.497 e. The number of benzene rings is 2. The molecule has 1 aliphatic heterocycles. The van der Waals surface area contributed by atoms with E-state index in [0.717, 1.165) is 47.4 Å². The standard InChI is InChI=1S/C21H22N4O3/c1-26-17-4-2-3-15(9-17)7-8-22-20-11-21(25-13-24-20)23-12-16-5-6-18-19(10-16)28-14-27-18/h2-6,9-11,13H,7-8,12,14H2,1H3,(H2,22,23,24,25). The van der Waals surface area contributed by atoms with Gasteiger partial charge in [-0.25, -0.2) is 9.97 Å². The van der Waals surface area contributed by atoms with Gasteiger partial charge in [0.1, 0.15) is 23.7 Å². The number of hydrogen-bond acceptors (Lipinski definition) is 7. The normalized spacial score (nSPS) is 11.9. The van der Waals surface area contributed by atoms with E-state index in [9.17, 15) is 0 Å². The van der Waals surface area contributed by atoms with Crippen molar-refractivity contribution in [3.05, 3.63) is 66.0 Å². The van der Waals surface area contributed by atoms with Crippen molar-refractivity contribution in [2.24, 2.45) is 0 Å². The maximum Gasteiger partial charge on any atom is 0.231 e. The molecular weight excluding hydrogens is 356 g/mol. The number of rotatable bonds is 8. The third-order valence-corrected chi connectivity index (χ3v) is 4.43. The van der Waals surface area contributed by atoms with Crippen LogP contribution in [0.5, 0.6) is 17.2 Å². The lowest BCUT2D eigenvalue weighted by Gasteiger charge is -2.09. The van der Waals surface area contributed by atoms with E-state index in [1.807, 2.05) is 42.5 Å². The number of hydrogen-bond donors (Lipinski definition) is 2. The van der Waals surface area contributed by atoms with Crippen molar-refractivity contribution in [2.45, 2.75) is 13.0 Å². The number of nitrogens with zero attached hydrogens (tertiary/aromatic N) is 2. The summed E-state index contributed by atoms with van der Waals surface area (Å²) in [5.41, 5.74) is 2.30. The SMILES string of the molecule is COc1cccc(CCNc2cc(NCc3ccc4c(c3)OCO4)ncn2)c1. The highest BCUT2D eigenvalue weighted by molar-refractivity contribution is 5.48. The Morgan fingerprint density at radius 1 is 0.929 bits per heavy atom. The summed E-state index contributed by atoms with van der Waals surface area (Å²) in [6, 6.07) is 15.9. The van der Waals surface area contributed by atoms with Crippen LogP contribution in [-0.4, -0.2) is 30.4 Å². The molecule has 0 atom stereocenters. The Balaban J connectivity index is 1.30. The molecule has 0 amide bonds. The number of nitrogens with one attached hydrogen (secondary N) is 2. The molecule has 2 heterocycles. The van der Waals surface area contributed by atoms with Crippen molar-refractivity contribution in [1.29, 1.82) is 0 Å². The minimum absolute atomic E-state index is 0.281. The fraction of sp³-hybridized carbons (Fsp3) is 0.238. The quantitative estimate of drug-likeness (QED) is 0.621. The molecule has 0 spiro atoms. The summed E-state index contributed by atoms with van der Waals surface area (Å²) in [6.07, 6.45) is 2.43. The lowest BCUT2D eigenvalue weighted by atomic mass is 10.1. The summed E-state index contributed by atoms with van der Waals surface area (Å²) in [7, 11) is 1.68. The zero-order chi connectivity index (χ0) is 19.2. The fourth-order valence-electron chi connectivity index (χ4n) is 2.96. The first kappa shape index (κ1) is 17.9. The number of ether oxygens (including phenoxy) is 3. The van der Waals surface area contributed by atoms with Crippen LogP contribution in [0.2, 0.25) is 0 Å². The molecule has 0 bridgehead atoms. The van der Waals surface area contributed by atoms with Gasteiger partial charge in [-0.15, -0.1) is 0 Å². The molecular formula is C21H22N4O3. The van der Waals surface area contributed by atoms with Crippen LogP contribution in [0.1, 0.15) is 11.1 Å². The Morgan fingerprint density at radius 2 is 1.79 bits per heavy atom. The van der Waals surface area contributed by atoms with Crippen LogP contribution in [0.3, 0.4) is 0 Å². The van der Waals surface area contributed by atoms with E-state index in [1.54, 1.807) is 13.4 Å². The first-order valence-electron chi connectivity index (χ1n) is 9.11. The molecule has 7 nitrogen and oxygen atoms in total. The van der Waals surface area contributed by atoms with Gasteiger partial charge in [-0.1, -0.05) is 18.2 Å². The maximum absolute atomic E-state index is 5.41. The smallest absolute Gasteiger partial charge is 0.231 e. The molecule has 0 saturated carbocycles. The van der Waals surface area contributed by atoms with Gasteiger partial charge < -0.3 is 24.8 Å². The van der Waals surface area contributed by atoms with Crippen molar-refractivity contribution in [2.75, 3.05) is 31.1 Å². The molecule has 144 valence electrons. The van der Waals surface area contributed by atoms with Crippen LogP contribution in [0.25, 0.3) is 0 Å². The van der Waals surface area contributed by atoms with E-state index in [0.29, 0.717) is 6.54 Å². The topological polar surface area (TPSA) is 77.5 Å². The van der Waals surface area contributed by atoms with E-state index < -0.39 is 0 Å². The van der Waals surface area contributed by atoms with Gasteiger partial charge in [-0.05, 0) is 41.8 Å². The molecule has 1 aromatic heterocycles. The molecule has 1 aliphatic rings. The fourth-order valence-corrected chi connectivity index (χ4v) is 2.96. The van der Waals surface area contributed by atoms with Gasteiger partial charge in [0, 0.05) is 19.2 Å². The minimum Gasteiger partial charge on any atom is -0.497 e. The second-order valence-corrected chi connectivity index (χ2v) is 6.36. The molecule has 0 radical (unpaired) electrons. The lowest BCUT2D eigenvalue weighted by Crippen LogP contribution is -2.08. The third-order valence-electron chi connectivity index (χ3n) is 4.43. The summed E-state index contributed by atoms with van der Waals surface area (Å²) in [4.78, 5) is 8.56. The number of anilines is 2. The number of fused-ring (bicyclic) bond motifs is 1. The Labute approximate surface area is 163 Å². The highest BCUT2D eigenvalue weighted by Gasteiger charge is 2.13. The summed E-state index contributed by atoms with van der Waals surface area (Å²) in [5.74, 6) is 3.98. The van der Waals surface area contributed by atoms with Crippen LogP contribution in [-0.2, 0) is 13.0 Å². The average Bonchev–Trinajstić information content (AvgIpc) is 3.21. The zero-order valence-electron chi connectivity index (χ0n) is 15.6. The van der Waals surface area contributed by atoms with Gasteiger partial charge in [0.2, 0.25) is 6.79 Å². The van der Waals surface area contributed by atoms with Gasteiger partial charge in [-0.2, -0.15) is 0 Å². The summed E-state index contributed by atoms with van der Waals surface area (Å²) in [5, 5.41) is 6.65. The highest BCUT2D eigenvalue weighted by Crippen LogP contribution is 2.32. The molecule has 0 unspecified atom stereocenters. The van der Waals surface area contributed by atoms with E-state index in [-0.39, 0.29) is 6.79 Å². The van der Waals surface area contributed by atoms with Crippen LogP contribution >= 0.6 is 0 Å². The maximum atomic E-state index is 5.41. The molecule has 28 heavy (non-hydrogen) atoms. The molecule has 0 fully saturated rings. The van der Waals surface area contributed by atoms with Gasteiger partial charge in [0.25, 0.3) is 0 Å². The summed E-state index contributed by atoms with van der Waals surface area (Å²) in [6.45, 7) is 1.69. The monoisotopic (exact) mass is 378 g/mol. The van der Waals surface area contributed by atoms with Crippen molar-refractivity contribution in [3.8, 4) is 17.2 Å². The molecule has 2 N–H and O–H groups in total. The molecule has 0 aliphatic carbocycles. The minimum atomic E-state index is 0.281. The van der Waals surface area contributed by atoms with Crippen LogP contribution < -0.4 is 24.8 Å². The van der Waals surface area contributed by atoms with E-state index in [2.05, 4.69) is 26.7 Å². The predicted octanol–water partition coefficient (Wildman–Crippen LogP) is 3.48. The van der Waals surface area contributed by atoms with Crippen LogP contribution in [0.4, 0.5) is 11.6 Å². The van der Waals surface area contributed by atoms with Crippen LogP contribution in [0.15, 0.2) is 54.9 Å². The van der Waals surface area contributed by atoms with Crippen molar-refractivity contribution in [3.63, 3.8) is 0 Å². The Hall–Kier alpha value is -3.48. The van der Waals surface area contributed by atoms with Crippen LogP contribution in [0, 0.1) is 0 Å². The second-order valence-electron chi connectivity index (χ2n) is 6.36. The van der Waals surface area contributed by atoms with Gasteiger partial charge in [0.15, 0.2) is 11.5 Å². The number of aromatic nitrogens is 2. The molecule has 3 aromatic rings. The van der Waals surface area contributed by atoms with Gasteiger partial charge in [-0.3, -0.25) is 0 Å². The first-order chi connectivity index (χ1) is 13.8. The van der Waals surface area contributed by atoms with Gasteiger partial charge in [0.05, 0.1) is 7.11 Å². The molecule has 2 aromatic carbocycles. The van der Waals surface area contributed by atoms with Crippen molar-refractivity contribution in [1.82, 2.24) is 9.97 Å². The molecule has 0 saturated heterocycles. The molecule has 7 heteroatoms. The Bertz CT molecular complexity index is 948. The number of methoxy groups -OCH3 is 1. The first-order valence-corrected chi connectivity index (χ1v) is 9.11. The summed E-state index contributed by atoms with van der Waals surface area (Å²) >= 11 is 0. The van der Waals surface area contributed by atoms with Crippen molar-refractivity contribution >= 4 is 11.6 Å².